The lowest BCUT2D eigenvalue weighted by atomic mass is 9.97. The molecule has 0 radical (unpaired) electrons. The maximum absolute atomic E-state index is 9.55. The second-order valence-electron chi connectivity index (χ2n) is 4.36. The average Bonchev–Trinajstić information content (AvgIpc) is 2.50. The number of rotatable bonds is 4. The van der Waals surface area contributed by atoms with Crippen molar-refractivity contribution in [2.75, 3.05) is 20.2 Å². The van der Waals surface area contributed by atoms with E-state index >= 15 is 0 Å². The topological polar surface area (TPSA) is 58.7 Å². The SMILES string of the molecule is COCc1cc(CN2CC(C)(O)C2)no1. The number of ether oxygens (including phenoxy) is 1. The van der Waals surface area contributed by atoms with Gasteiger partial charge < -0.3 is 14.4 Å². The van der Waals surface area contributed by atoms with Crippen LogP contribution in [-0.4, -0.2) is 41.0 Å². The lowest BCUT2D eigenvalue weighted by Gasteiger charge is -2.43. The lowest BCUT2D eigenvalue weighted by Crippen LogP contribution is -2.59. The van der Waals surface area contributed by atoms with Crippen LogP contribution in [0.5, 0.6) is 0 Å². The van der Waals surface area contributed by atoms with Gasteiger partial charge >= 0.3 is 0 Å². The van der Waals surface area contributed by atoms with Crippen molar-refractivity contribution in [3.05, 3.63) is 17.5 Å². The summed E-state index contributed by atoms with van der Waals surface area (Å²) < 4.78 is 9.99. The van der Waals surface area contributed by atoms with Crippen LogP contribution < -0.4 is 0 Å². The molecular weight excluding hydrogens is 196 g/mol. The fourth-order valence-corrected chi connectivity index (χ4v) is 1.90. The Labute approximate surface area is 88.6 Å². The average molecular weight is 212 g/mol. The molecule has 2 heterocycles. The third-order valence-corrected chi connectivity index (χ3v) is 2.41. The minimum absolute atomic E-state index is 0.449. The summed E-state index contributed by atoms with van der Waals surface area (Å²) in [6.07, 6.45) is 0. The van der Waals surface area contributed by atoms with Crippen LogP contribution in [0, 0.1) is 0 Å². The van der Waals surface area contributed by atoms with Gasteiger partial charge in [0.05, 0.1) is 11.3 Å². The molecular formula is C10H16N2O3. The first kappa shape index (κ1) is 10.6. The van der Waals surface area contributed by atoms with Crippen molar-refractivity contribution in [3.8, 4) is 0 Å². The van der Waals surface area contributed by atoms with Crippen LogP contribution in [0.2, 0.25) is 0 Å². The Bertz CT molecular complexity index is 327. The molecule has 1 aliphatic rings. The molecule has 0 aromatic carbocycles. The number of methoxy groups -OCH3 is 1. The second kappa shape index (κ2) is 3.92. The van der Waals surface area contributed by atoms with E-state index in [-0.39, 0.29) is 0 Å². The van der Waals surface area contributed by atoms with Gasteiger partial charge in [-0.3, -0.25) is 4.90 Å². The number of hydrogen-bond acceptors (Lipinski definition) is 5. The van der Waals surface area contributed by atoms with Gasteiger partial charge in [0.25, 0.3) is 0 Å². The highest BCUT2D eigenvalue weighted by Crippen LogP contribution is 2.21. The molecule has 5 nitrogen and oxygen atoms in total. The molecule has 1 fully saturated rings. The predicted molar refractivity (Wildman–Crippen MR) is 53.1 cm³/mol. The first-order valence-electron chi connectivity index (χ1n) is 4.97. The van der Waals surface area contributed by atoms with Crippen LogP contribution in [-0.2, 0) is 17.9 Å². The smallest absolute Gasteiger partial charge is 0.162 e. The molecule has 5 heteroatoms. The Morgan fingerprint density at radius 2 is 2.40 bits per heavy atom. The van der Waals surface area contributed by atoms with Crippen molar-refractivity contribution in [1.29, 1.82) is 0 Å². The minimum atomic E-state index is -0.529. The summed E-state index contributed by atoms with van der Waals surface area (Å²) in [5.74, 6) is 0.736. The normalized spacial score (nSPS) is 20.2. The Hall–Kier alpha value is -0.910. The monoisotopic (exact) mass is 212 g/mol. The van der Waals surface area contributed by atoms with Gasteiger partial charge in [-0.15, -0.1) is 0 Å². The lowest BCUT2D eigenvalue weighted by molar-refractivity contribution is -0.0878. The molecule has 1 aliphatic heterocycles. The van der Waals surface area contributed by atoms with Crippen LogP contribution in [0.4, 0.5) is 0 Å². The summed E-state index contributed by atoms with van der Waals surface area (Å²) in [5, 5.41) is 13.5. The molecule has 1 aromatic heterocycles. The van der Waals surface area contributed by atoms with Crippen molar-refractivity contribution in [2.45, 2.75) is 25.7 Å². The molecule has 0 amide bonds. The molecule has 0 bridgehead atoms. The number of likely N-dealkylation sites (tertiary alicyclic amines) is 1. The molecule has 84 valence electrons. The Kier molecular flexibility index (Phi) is 2.77. The molecule has 0 saturated carbocycles. The van der Waals surface area contributed by atoms with Crippen molar-refractivity contribution in [1.82, 2.24) is 10.1 Å². The summed E-state index contributed by atoms with van der Waals surface area (Å²) >= 11 is 0. The van der Waals surface area contributed by atoms with E-state index < -0.39 is 5.60 Å². The highest BCUT2D eigenvalue weighted by atomic mass is 16.5. The third-order valence-electron chi connectivity index (χ3n) is 2.41. The van der Waals surface area contributed by atoms with E-state index in [0.29, 0.717) is 19.7 Å². The van der Waals surface area contributed by atoms with E-state index in [2.05, 4.69) is 10.1 Å². The van der Waals surface area contributed by atoms with Gasteiger partial charge in [-0.05, 0) is 6.92 Å². The molecule has 0 aliphatic carbocycles. The van der Waals surface area contributed by atoms with Crippen LogP contribution in [0.3, 0.4) is 0 Å². The fraction of sp³-hybridized carbons (Fsp3) is 0.700. The van der Waals surface area contributed by atoms with E-state index in [1.165, 1.54) is 0 Å². The van der Waals surface area contributed by atoms with Gasteiger partial charge in [-0.25, -0.2) is 0 Å². The van der Waals surface area contributed by atoms with Crippen molar-refractivity contribution in [3.63, 3.8) is 0 Å². The fourth-order valence-electron chi connectivity index (χ4n) is 1.90. The van der Waals surface area contributed by atoms with Crippen molar-refractivity contribution >= 4 is 0 Å². The maximum Gasteiger partial charge on any atom is 0.162 e. The summed E-state index contributed by atoms with van der Waals surface area (Å²) in [6, 6.07) is 1.89. The molecule has 0 unspecified atom stereocenters. The molecule has 1 N–H and O–H groups in total. The van der Waals surface area contributed by atoms with Gasteiger partial charge in [-0.1, -0.05) is 5.16 Å². The van der Waals surface area contributed by atoms with E-state index in [4.69, 9.17) is 9.26 Å². The zero-order valence-electron chi connectivity index (χ0n) is 9.06. The zero-order valence-corrected chi connectivity index (χ0v) is 9.06. The number of β-amino-alcohol motifs (C(OH)–C–C–N with tert-alkyl or cyclic N) is 1. The summed E-state index contributed by atoms with van der Waals surface area (Å²) in [6.45, 7) is 4.40. The number of nitrogens with zero attached hydrogens (tertiary/aromatic N) is 2. The number of aromatic nitrogens is 1. The molecule has 1 aromatic rings. The van der Waals surface area contributed by atoms with Gasteiger partial charge in [0.15, 0.2) is 5.76 Å². The molecule has 15 heavy (non-hydrogen) atoms. The summed E-state index contributed by atoms with van der Waals surface area (Å²) in [7, 11) is 1.62. The minimum Gasteiger partial charge on any atom is -0.388 e. The molecule has 0 atom stereocenters. The molecule has 1 saturated heterocycles. The maximum atomic E-state index is 9.55. The highest BCUT2D eigenvalue weighted by molar-refractivity contribution is 5.06. The van der Waals surface area contributed by atoms with Crippen molar-refractivity contribution in [2.24, 2.45) is 0 Å². The highest BCUT2D eigenvalue weighted by Gasteiger charge is 2.36. The Morgan fingerprint density at radius 1 is 1.67 bits per heavy atom. The van der Waals surface area contributed by atoms with Crippen LogP contribution in [0.15, 0.2) is 10.6 Å². The van der Waals surface area contributed by atoms with E-state index in [1.807, 2.05) is 13.0 Å². The Balaban J connectivity index is 1.84. The molecule has 0 spiro atoms. The van der Waals surface area contributed by atoms with Crippen molar-refractivity contribution < 1.29 is 14.4 Å². The first-order chi connectivity index (χ1) is 7.09. The molecule has 2 rings (SSSR count). The quantitative estimate of drug-likeness (QED) is 0.782. The summed E-state index contributed by atoms with van der Waals surface area (Å²) in [4.78, 5) is 2.12. The number of aliphatic hydroxyl groups is 1. The van der Waals surface area contributed by atoms with Gasteiger partial charge in [0.2, 0.25) is 0 Å². The van der Waals surface area contributed by atoms with Crippen LogP contribution in [0.1, 0.15) is 18.4 Å². The van der Waals surface area contributed by atoms with Crippen LogP contribution >= 0.6 is 0 Å². The second-order valence-corrected chi connectivity index (χ2v) is 4.36. The van der Waals surface area contributed by atoms with E-state index in [9.17, 15) is 5.11 Å². The van der Waals surface area contributed by atoms with Gasteiger partial charge in [-0.2, -0.15) is 0 Å². The van der Waals surface area contributed by atoms with E-state index in [0.717, 1.165) is 18.0 Å². The predicted octanol–water partition coefficient (Wildman–Crippen LogP) is 0.388. The van der Waals surface area contributed by atoms with Crippen LogP contribution in [0.25, 0.3) is 0 Å². The van der Waals surface area contributed by atoms with E-state index in [1.54, 1.807) is 7.11 Å². The summed E-state index contributed by atoms with van der Waals surface area (Å²) in [5.41, 5.74) is 0.358. The zero-order chi connectivity index (χ0) is 10.9. The van der Waals surface area contributed by atoms with Gasteiger partial charge in [0, 0.05) is 32.8 Å². The Morgan fingerprint density at radius 3 is 3.00 bits per heavy atom. The largest absolute Gasteiger partial charge is 0.388 e. The van der Waals surface area contributed by atoms with Gasteiger partial charge in [0.1, 0.15) is 6.61 Å². The third kappa shape index (κ3) is 2.56. The first-order valence-corrected chi connectivity index (χ1v) is 4.97. The standard InChI is InChI=1S/C10H16N2O3/c1-10(13)6-12(7-10)4-8-3-9(5-14-2)15-11-8/h3,13H,4-7H2,1-2H3. The number of hydrogen-bond donors (Lipinski definition) is 1.